The Morgan fingerprint density at radius 3 is 2.87 bits per heavy atom. The fourth-order valence-electron chi connectivity index (χ4n) is 2.40. The molecule has 1 amide bonds. The molecule has 3 atom stereocenters. The predicted octanol–water partition coefficient (Wildman–Crippen LogP) is 1.16. The van der Waals surface area contributed by atoms with Crippen molar-refractivity contribution in [3.05, 3.63) is 0 Å². The molecule has 3 unspecified atom stereocenters. The van der Waals surface area contributed by atoms with Gasteiger partial charge in [0.1, 0.15) is 0 Å². The number of carbonyl (C=O) groups is 1. The summed E-state index contributed by atoms with van der Waals surface area (Å²) in [6.45, 7) is 2.17. The van der Waals surface area contributed by atoms with Gasteiger partial charge in [0.2, 0.25) is 0 Å². The molecule has 2 fully saturated rings. The molecule has 0 spiro atoms. The third-order valence-electron chi connectivity index (χ3n) is 3.60. The standard InChI is InChI=1S/C11H19NO2S/c1-8-3-2-4-9(8)12-10(13)11(14)5-6-15-7-11/h8-9,14H,2-7H2,1H3,(H,12,13). The SMILES string of the molecule is CC1CCCC1NC(=O)C1(O)CCSC1. The van der Waals surface area contributed by atoms with Crippen molar-refractivity contribution in [3.8, 4) is 0 Å². The van der Waals surface area contributed by atoms with E-state index in [1.54, 1.807) is 11.8 Å². The first-order valence-electron chi connectivity index (χ1n) is 5.73. The molecule has 1 aliphatic heterocycles. The molecule has 1 saturated carbocycles. The minimum Gasteiger partial charge on any atom is -0.379 e. The topological polar surface area (TPSA) is 49.3 Å². The summed E-state index contributed by atoms with van der Waals surface area (Å²) in [6.07, 6.45) is 4.05. The first-order valence-corrected chi connectivity index (χ1v) is 6.88. The molecule has 0 aromatic carbocycles. The Bertz CT molecular complexity index is 251. The van der Waals surface area contributed by atoms with E-state index in [2.05, 4.69) is 12.2 Å². The van der Waals surface area contributed by atoms with E-state index >= 15 is 0 Å². The normalized spacial score (nSPS) is 40.7. The minimum absolute atomic E-state index is 0.147. The zero-order valence-corrected chi connectivity index (χ0v) is 9.98. The molecule has 1 aliphatic carbocycles. The monoisotopic (exact) mass is 229 g/mol. The highest BCUT2D eigenvalue weighted by atomic mass is 32.2. The fourth-order valence-corrected chi connectivity index (χ4v) is 3.64. The second kappa shape index (κ2) is 4.34. The zero-order valence-electron chi connectivity index (χ0n) is 9.16. The number of carbonyl (C=O) groups excluding carboxylic acids is 1. The van der Waals surface area contributed by atoms with Crippen molar-refractivity contribution in [1.29, 1.82) is 0 Å². The second-order valence-corrected chi connectivity index (χ2v) is 5.93. The molecule has 0 bridgehead atoms. The van der Waals surface area contributed by atoms with Gasteiger partial charge < -0.3 is 10.4 Å². The Labute approximate surface area is 95.0 Å². The lowest BCUT2D eigenvalue weighted by atomic mass is 10.0. The van der Waals surface area contributed by atoms with Gasteiger partial charge in [-0.05, 0) is 30.9 Å². The summed E-state index contributed by atoms with van der Waals surface area (Å²) in [5, 5.41) is 13.1. The van der Waals surface area contributed by atoms with Crippen molar-refractivity contribution in [1.82, 2.24) is 5.32 Å². The third kappa shape index (κ3) is 2.31. The summed E-state index contributed by atoms with van der Waals surface area (Å²) in [7, 11) is 0. The lowest BCUT2D eigenvalue weighted by Crippen LogP contribution is -2.51. The number of hydrogen-bond acceptors (Lipinski definition) is 3. The molecule has 0 aromatic rings. The Kier molecular flexibility index (Phi) is 3.26. The van der Waals surface area contributed by atoms with Crippen molar-refractivity contribution in [3.63, 3.8) is 0 Å². The minimum atomic E-state index is -1.09. The van der Waals surface area contributed by atoms with Gasteiger partial charge in [0.05, 0.1) is 0 Å². The number of nitrogens with one attached hydrogen (secondary N) is 1. The largest absolute Gasteiger partial charge is 0.379 e. The van der Waals surface area contributed by atoms with Crippen LogP contribution in [0.25, 0.3) is 0 Å². The Morgan fingerprint density at radius 1 is 1.53 bits per heavy atom. The van der Waals surface area contributed by atoms with Crippen LogP contribution < -0.4 is 5.32 Å². The predicted molar refractivity (Wildman–Crippen MR) is 61.8 cm³/mol. The van der Waals surface area contributed by atoms with Gasteiger partial charge >= 0.3 is 0 Å². The zero-order chi connectivity index (χ0) is 10.9. The Balaban J connectivity index is 1.91. The van der Waals surface area contributed by atoms with E-state index in [0.29, 0.717) is 18.1 Å². The highest BCUT2D eigenvalue weighted by Gasteiger charge is 2.41. The second-order valence-electron chi connectivity index (χ2n) is 4.82. The van der Waals surface area contributed by atoms with Crippen LogP contribution in [0.5, 0.6) is 0 Å². The van der Waals surface area contributed by atoms with Crippen LogP contribution in [0.4, 0.5) is 0 Å². The highest BCUT2D eigenvalue weighted by molar-refractivity contribution is 7.99. The van der Waals surface area contributed by atoms with Gasteiger partial charge in [-0.3, -0.25) is 4.79 Å². The molecule has 2 N–H and O–H groups in total. The molecular formula is C11H19NO2S. The van der Waals surface area contributed by atoms with Gasteiger partial charge in [-0.15, -0.1) is 0 Å². The van der Waals surface area contributed by atoms with E-state index in [4.69, 9.17) is 0 Å². The van der Waals surface area contributed by atoms with E-state index in [0.717, 1.165) is 12.2 Å². The van der Waals surface area contributed by atoms with Crippen molar-refractivity contribution in [2.75, 3.05) is 11.5 Å². The first kappa shape index (κ1) is 11.3. The smallest absolute Gasteiger partial charge is 0.253 e. The van der Waals surface area contributed by atoms with E-state index in [1.165, 1.54) is 12.8 Å². The highest BCUT2D eigenvalue weighted by Crippen LogP contribution is 2.30. The summed E-state index contributed by atoms with van der Waals surface area (Å²) in [6, 6.07) is 0.284. The lowest BCUT2D eigenvalue weighted by molar-refractivity contribution is -0.138. The van der Waals surface area contributed by atoms with Crippen LogP contribution in [0.2, 0.25) is 0 Å². The fraction of sp³-hybridized carbons (Fsp3) is 0.909. The van der Waals surface area contributed by atoms with Gasteiger partial charge in [0, 0.05) is 11.8 Å². The Morgan fingerprint density at radius 2 is 2.33 bits per heavy atom. The average molecular weight is 229 g/mol. The van der Waals surface area contributed by atoms with E-state index in [9.17, 15) is 9.90 Å². The van der Waals surface area contributed by atoms with Gasteiger partial charge in [-0.25, -0.2) is 0 Å². The van der Waals surface area contributed by atoms with Crippen LogP contribution in [0.3, 0.4) is 0 Å². The van der Waals surface area contributed by atoms with E-state index in [1.807, 2.05) is 0 Å². The summed E-state index contributed by atoms with van der Waals surface area (Å²) >= 11 is 1.66. The maximum Gasteiger partial charge on any atom is 0.253 e. The van der Waals surface area contributed by atoms with E-state index in [-0.39, 0.29) is 11.9 Å². The van der Waals surface area contributed by atoms with Crippen molar-refractivity contribution in [2.24, 2.45) is 5.92 Å². The summed E-state index contributed by atoms with van der Waals surface area (Å²) < 4.78 is 0. The number of hydrogen-bond donors (Lipinski definition) is 2. The molecule has 2 rings (SSSR count). The lowest BCUT2D eigenvalue weighted by Gasteiger charge is -2.25. The number of thioether (sulfide) groups is 1. The molecule has 4 heteroatoms. The molecule has 2 aliphatic rings. The van der Waals surface area contributed by atoms with Gasteiger partial charge in [0.15, 0.2) is 5.60 Å². The molecule has 0 aromatic heterocycles. The van der Waals surface area contributed by atoms with Gasteiger partial charge in [-0.2, -0.15) is 11.8 Å². The maximum atomic E-state index is 11.9. The average Bonchev–Trinajstić information content (AvgIpc) is 2.78. The van der Waals surface area contributed by atoms with Crippen LogP contribution in [0, 0.1) is 5.92 Å². The van der Waals surface area contributed by atoms with Crippen LogP contribution in [-0.4, -0.2) is 34.2 Å². The van der Waals surface area contributed by atoms with Gasteiger partial charge in [-0.1, -0.05) is 13.3 Å². The molecule has 3 nitrogen and oxygen atoms in total. The molecular weight excluding hydrogens is 210 g/mol. The molecule has 1 heterocycles. The van der Waals surface area contributed by atoms with Crippen LogP contribution in [0.15, 0.2) is 0 Å². The van der Waals surface area contributed by atoms with Crippen LogP contribution in [0.1, 0.15) is 32.6 Å². The van der Waals surface area contributed by atoms with Crippen molar-refractivity contribution in [2.45, 2.75) is 44.2 Å². The van der Waals surface area contributed by atoms with Crippen molar-refractivity contribution >= 4 is 17.7 Å². The number of aliphatic hydroxyl groups is 1. The molecule has 0 radical (unpaired) electrons. The van der Waals surface area contributed by atoms with Gasteiger partial charge in [0.25, 0.3) is 5.91 Å². The molecule has 86 valence electrons. The quantitative estimate of drug-likeness (QED) is 0.747. The van der Waals surface area contributed by atoms with Crippen LogP contribution >= 0.6 is 11.8 Å². The number of amides is 1. The first-order chi connectivity index (χ1) is 7.12. The van der Waals surface area contributed by atoms with Crippen molar-refractivity contribution < 1.29 is 9.90 Å². The molecule has 15 heavy (non-hydrogen) atoms. The maximum absolute atomic E-state index is 11.9. The van der Waals surface area contributed by atoms with Crippen LogP contribution in [-0.2, 0) is 4.79 Å². The summed E-state index contributed by atoms with van der Waals surface area (Å²) in [5.41, 5.74) is -1.09. The number of rotatable bonds is 2. The molecule has 1 saturated heterocycles. The summed E-state index contributed by atoms with van der Waals surface area (Å²) in [4.78, 5) is 11.9. The van der Waals surface area contributed by atoms with E-state index < -0.39 is 5.60 Å². The Hall–Kier alpha value is -0.220. The summed E-state index contributed by atoms with van der Waals surface area (Å²) in [5.74, 6) is 1.86. The third-order valence-corrected chi connectivity index (χ3v) is 4.78.